The van der Waals surface area contributed by atoms with Gasteiger partial charge in [0.05, 0.1) is 19.0 Å². The van der Waals surface area contributed by atoms with Crippen molar-refractivity contribution in [1.82, 2.24) is 15.3 Å². The Labute approximate surface area is 173 Å². The summed E-state index contributed by atoms with van der Waals surface area (Å²) in [6, 6.07) is 17.9. The van der Waals surface area contributed by atoms with Crippen molar-refractivity contribution in [2.24, 2.45) is 0 Å². The molecule has 6 heteroatoms. The van der Waals surface area contributed by atoms with Gasteiger partial charge in [-0.15, -0.1) is 0 Å². The summed E-state index contributed by atoms with van der Waals surface area (Å²) in [6.07, 6.45) is 3.43. The molecule has 2 heterocycles. The molecule has 0 aliphatic carbocycles. The summed E-state index contributed by atoms with van der Waals surface area (Å²) in [7, 11) is 1.63. The first-order valence-electron chi connectivity index (χ1n) is 8.79. The van der Waals surface area contributed by atoms with Crippen LogP contribution < -0.4 is 10.1 Å². The van der Waals surface area contributed by atoms with Gasteiger partial charge < -0.3 is 15.0 Å². The Bertz CT molecular complexity index is 1140. The summed E-state index contributed by atoms with van der Waals surface area (Å²) in [4.78, 5) is 8.17. The molecule has 0 bridgehead atoms. The molecular formula is C22H18ClN3OS. The molecule has 4 aromatic rings. The fraction of sp³-hybridized carbons (Fsp3) is 0.0909. The number of aromatic nitrogens is 2. The first kappa shape index (κ1) is 18.5. The standard InChI is InChI=1S/C22H18ClN3OS/c1-27-19-13-24-10-9-15(19)12-25-22(28)21-20(14-5-3-2-4-6-14)17-11-16(23)7-8-18(17)26-21/h2-11,13,26H,12H2,1H3,(H,25,28). The third kappa shape index (κ3) is 3.59. The van der Waals surface area contributed by atoms with Crippen molar-refractivity contribution in [3.63, 3.8) is 0 Å². The van der Waals surface area contributed by atoms with Crippen LogP contribution >= 0.6 is 23.8 Å². The molecule has 4 nitrogen and oxygen atoms in total. The van der Waals surface area contributed by atoms with Crippen molar-refractivity contribution >= 4 is 39.7 Å². The summed E-state index contributed by atoms with van der Waals surface area (Å²) < 4.78 is 5.37. The molecule has 0 saturated carbocycles. The maximum atomic E-state index is 6.26. The Hall–Kier alpha value is -2.89. The van der Waals surface area contributed by atoms with Crippen LogP contribution in [0, 0.1) is 0 Å². The zero-order chi connectivity index (χ0) is 19.5. The first-order valence-corrected chi connectivity index (χ1v) is 9.57. The number of benzene rings is 2. The normalized spacial score (nSPS) is 10.8. The van der Waals surface area contributed by atoms with Gasteiger partial charge in [-0.3, -0.25) is 4.98 Å². The molecular weight excluding hydrogens is 390 g/mol. The summed E-state index contributed by atoms with van der Waals surface area (Å²) in [5, 5.41) is 5.07. The van der Waals surface area contributed by atoms with E-state index in [0.29, 0.717) is 16.6 Å². The second-order valence-corrected chi connectivity index (χ2v) is 7.15. The SMILES string of the molecule is COc1cnccc1CNC(=S)c1[nH]c2ccc(Cl)cc2c1-c1ccccc1. The molecule has 0 saturated heterocycles. The van der Waals surface area contributed by atoms with Gasteiger partial charge >= 0.3 is 0 Å². The van der Waals surface area contributed by atoms with Gasteiger partial charge in [-0.25, -0.2) is 0 Å². The average molecular weight is 408 g/mol. The fourth-order valence-corrected chi connectivity index (χ4v) is 3.64. The van der Waals surface area contributed by atoms with Crippen LogP contribution in [0.2, 0.25) is 5.02 Å². The average Bonchev–Trinajstić information content (AvgIpc) is 3.11. The highest BCUT2D eigenvalue weighted by Gasteiger charge is 2.17. The number of fused-ring (bicyclic) bond motifs is 1. The van der Waals surface area contributed by atoms with E-state index < -0.39 is 0 Å². The zero-order valence-electron chi connectivity index (χ0n) is 15.2. The summed E-state index contributed by atoms with van der Waals surface area (Å²) >= 11 is 12.0. The van der Waals surface area contributed by atoms with Gasteiger partial charge in [0.2, 0.25) is 0 Å². The van der Waals surface area contributed by atoms with Gasteiger partial charge in [-0.1, -0.05) is 54.2 Å². The number of hydrogen-bond acceptors (Lipinski definition) is 3. The van der Waals surface area contributed by atoms with Crippen LogP contribution in [-0.2, 0) is 6.54 Å². The third-order valence-corrected chi connectivity index (χ3v) is 5.16. The lowest BCUT2D eigenvalue weighted by Gasteiger charge is -2.12. The van der Waals surface area contributed by atoms with Crippen molar-refractivity contribution in [3.05, 3.63) is 83.3 Å². The van der Waals surface area contributed by atoms with Crippen LogP contribution in [0.3, 0.4) is 0 Å². The molecule has 2 aromatic heterocycles. The number of thiocarbonyl (C=S) groups is 1. The third-order valence-electron chi connectivity index (χ3n) is 4.58. The number of rotatable bonds is 5. The van der Waals surface area contributed by atoms with Crippen molar-refractivity contribution in [1.29, 1.82) is 0 Å². The number of H-pyrrole nitrogens is 1. The number of hydrogen-bond donors (Lipinski definition) is 2. The zero-order valence-corrected chi connectivity index (χ0v) is 16.8. The van der Waals surface area contributed by atoms with E-state index in [1.807, 2.05) is 42.5 Å². The first-order chi connectivity index (χ1) is 13.7. The molecule has 28 heavy (non-hydrogen) atoms. The number of halogens is 1. The van der Waals surface area contributed by atoms with E-state index in [1.165, 1.54) is 0 Å². The monoisotopic (exact) mass is 407 g/mol. The lowest BCUT2D eigenvalue weighted by atomic mass is 10.0. The molecule has 4 rings (SSSR count). The highest BCUT2D eigenvalue weighted by Crippen LogP contribution is 2.34. The lowest BCUT2D eigenvalue weighted by molar-refractivity contribution is 0.407. The Morgan fingerprint density at radius 2 is 2.00 bits per heavy atom. The summed E-state index contributed by atoms with van der Waals surface area (Å²) in [5.41, 5.74) is 4.96. The van der Waals surface area contributed by atoms with Crippen LogP contribution in [0.5, 0.6) is 5.75 Å². The van der Waals surface area contributed by atoms with Gasteiger partial charge in [0, 0.05) is 39.8 Å². The number of aromatic amines is 1. The number of pyridine rings is 1. The topological polar surface area (TPSA) is 49.9 Å². The van der Waals surface area contributed by atoms with Crippen LogP contribution in [0.25, 0.3) is 22.0 Å². The maximum Gasteiger partial charge on any atom is 0.142 e. The van der Waals surface area contributed by atoms with E-state index >= 15 is 0 Å². The van der Waals surface area contributed by atoms with Gasteiger partial charge in [-0.05, 0) is 29.8 Å². The van der Waals surface area contributed by atoms with E-state index in [4.69, 9.17) is 28.6 Å². The van der Waals surface area contributed by atoms with E-state index in [9.17, 15) is 0 Å². The molecule has 0 amide bonds. The number of nitrogens with zero attached hydrogens (tertiary/aromatic N) is 1. The minimum absolute atomic E-state index is 0.537. The minimum Gasteiger partial charge on any atom is -0.495 e. The maximum absolute atomic E-state index is 6.26. The quantitative estimate of drug-likeness (QED) is 0.437. The Kier molecular flexibility index (Phi) is 5.28. The Morgan fingerprint density at radius 1 is 1.18 bits per heavy atom. The van der Waals surface area contributed by atoms with Gasteiger partial charge in [0.15, 0.2) is 0 Å². The van der Waals surface area contributed by atoms with Crippen molar-refractivity contribution in [2.45, 2.75) is 6.54 Å². The molecule has 2 aromatic carbocycles. The molecule has 2 N–H and O–H groups in total. The van der Waals surface area contributed by atoms with Crippen LogP contribution in [0.1, 0.15) is 11.3 Å². The van der Waals surface area contributed by atoms with Crippen molar-refractivity contribution in [2.75, 3.05) is 7.11 Å². The summed E-state index contributed by atoms with van der Waals surface area (Å²) in [6.45, 7) is 0.537. The van der Waals surface area contributed by atoms with Gasteiger partial charge in [0.25, 0.3) is 0 Å². The molecule has 0 unspecified atom stereocenters. The smallest absolute Gasteiger partial charge is 0.142 e. The molecule has 0 spiro atoms. The summed E-state index contributed by atoms with van der Waals surface area (Å²) in [5.74, 6) is 0.726. The minimum atomic E-state index is 0.537. The molecule has 140 valence electrons. The molecule has 0 atom stereocenters. The van der Waals surface area contributed by atoms with E-state index in [2.05, 4.69) is 27.4 Å². The van der Waals surface area contributed by atoms with E-state index in [-0.39, 0.29) is 0 Å². The van der Waals surface area contributed by atoms with Crippen LogP contribution in [0.4, 0.5) is 0 Å². The van der Waals surface area contributed by atoms with Crippen LogP contribution in [0.15, 0.2) is 67.0 Å². The predicted octanol–water partition coefficient (Wildman–Crippen LogP) is 5.36. The molecule has 0 radical (unpaired) electrons. The number of methoxy groups -OCH3 is 1. The van der Waals surface area contributed by atoms with Crippen molar-refractivity contribution in [3.8, 4) is 16.9 Å². The second kappa shape index (κ2) is 8.00. The fourth-order valence-electron chi connectivity index (χ4n) is 3.24. The van der Waals surface area contributed by atoms with Crippen LogP contribution in [-0.4, -0.2) is 22.1 Å². The lowest BCUT2D eigenvalue weighted by Crippen LogP contribution is -2.23. The largest absolute Gasteiger partial charge is 0.495 e. The highest BCUT2D eigenvalue weighted by molar-refractivity contribution is 7.80. The van der Waals surface area contributed by atoms with E-state index in [0.717, 1.165) is 39.0 Å². The van der Waals surface area contributed by atoms with Gasteiger partial charge in [0.1, 0.15) is 10.7 Å². The molecule has 0 aliphatic rings. The van der Waals surface area contributed by atoms with Gasteiger partial charge in [-0.2, -0.15) is 0 Å². The Balaban J connectivity index is 1.72. The number of ether oxygens (including phenoxy) is 1. The number of nitrogens with one attached hydrogen (secondary N) is 2. The Morgan fingerprint density at radius 3 is 2.79 bits per heavy atom. The van der Waals surface area contributed by atoms with E-state index in [1.54, 1.807) is 19.5 Å². The second-order valence-electron chi connectivity index (χ2n) is 6.30. The van der Waals surface area contributed by atoms with Crippen molar-refractivity contribution < 1.29 is 4.74 Å². The molecule has 0 aliphatic heterocycles. The highest BCUT2D eigenvalue weighted by atomic mass is 35.5. The molecule has 0 fully saturated rings. The predicted molar refractivity (Wildman–Crippen MR) is 118 cm³/mol.